The first kappa shape index (κ1) is 20.8. The molecule has 0 atom stereocenters. The van der Waals surface area contributed by atoms with Crippen molar-refractivity contribution >= 4 is 0 Å². The van der Waals surface area contributed by atoms with Crippen LogP contribution in [0.15, 0.2) is 36.4 Å². The standard InChI is InChI=1S/C26H30O3/c1-14-12-22(16(3)18(5)24(14)28)26(7,20-8-10-21(27)11-9-20)23-13-15(2)25(29)19(6)17(23)4/h8-13,27-29H,1-7H3. The fourth-order valence-corrected chi connectivity index (χ4v) is 4.43. The highest BCUT2D eigenvalue weighted by molar-refractivity contribution is 5.62. The zero-order chi connectivity index (χ0) is 21.7. The summed E-state index contributed by atoms with van der Waals surface area (Å²) in [5.74, 6) is 0.879. The number of hydrogen-bond donors (Lipinski definition) is 3. The van der Waals surface area contributed by atoms with Gasteiger partial charge in [0.2, 0.25) is 0 Å². The van der Waals surface area contributed by atoms with Crippen LogP contribution >= 0.6 is 0 Å². The molecule has 0 aliphatic heterocycles. The Labute approximate surface area is 173 Å². The fourth-order valence-electron chi connectivity index (χ4n) is 4.43. The van der Waals surface area contributed by atoms with E-state index in [1.807, 2.05) is 53.7 Å². The molecule has 0 heterocycles. The van der Waals surface area contributed by atoms with Crippen LogP contribution < -0.4 is 0 Å². The third-order valence-electron chi connectivity index (χ3n) is 6.63. The summed E-state index contributed by atoms with van der Waals surface area (Å²) < 4.78 is 0. The number of phenols is 3. The number of benzene rings is 3. The Kier molecular flexibility index (Phi) is 5.12. The molecule has 3 aromatic carbocycles. The van der Waals surface area contributed by atoms with E-state index in [-0.39, 0.29) is 5.75 Å². The topological polar surface area (TPSA) is 60.7 Å². The third-order valence-corrected chi connectivity index (χ3v) is 6.63. The molecule has 152 valence electrons. The van der Waals surface area contributed by atoms with Gasteiger partial charge in [0.15, 0.2) is 0 Å². The van der Waals surface area contributed by atoms with Crippen molar-refractivity contribution in [3.63, 3.8) is 0 Å². The van der Waals surface area contributed by atoms with Crippen molar-refractivity contribution in [3.05, 3.63) is 86.5 Å². The molecule has 0 saturated heterocycles. The monoisotopic (exact) mass is 390 g/mol. The molecule has 3 N–H and O–H groups in total. The van der Waals surface area contributed by atoms with E-state index in [9.17, 15) is 15.3 Å². The summed E-state index contributed by atoms with van der Waals surface area (Å²) in [4.78, 5) is 0. The van der Waals surface area contributed by atoms with Crippen LogP contribution in [0.3, 0.4) is 0 Å². The van der Waals surface area contributed by atoms with Crippen LogP contribution in [0.1, 0.15) is 57.0 Å². The van der Waals surface area contributed by atoms with Gasteiger partial charge in [-0.25, -0.2) is 0 Å². The minimum Gasteiger partial charge on any atom is -0.508 e. The maximum atomic E-state index is 10.5. The van der Waals surface area contributed by atoms with Gasteiger partial charge in [-0.2, -0.15) is 0 Å². The second kappa shape index (κ2) is 7.14. The summed E-state index contributed by atoms with van der Waals surface area (Å²) in [5, 5.41) is 30.8. The van der Waals surface area contributed by atoms with E-state index in [1.54, 1.807) is 12.1 Å². The average Bonchev–Trinajstić information content (AvgIpc) is 2.70. The molecule has 0 saturated carbocycles. The number of hydrogen-bond acceptors (Lipinski definition) is 3. The van der Waals surface area contributed by atoms with Gasteiger partial charge in [0.1, 0.15) is 17.2 Å². The van der Waals surface area contributed by atoms with Crippen LogP contribution in [0.25, 0.3) is 0 Å². The summed E-state index contributed by atoms with van der Waals surface area (Å²) in [6, 6.07) is 11.4. The van der Waals surface area contributed by atoms with Crippen molar-refractivity contribution in [2.24, 2.45) is 0 Å². The highest BCUT2D eigenvalue weighted by Crippen LogP contribution is 2.46. The maximum Gasteiger partial charge on any atom is 0.121 e. The lowest BCUT2D eigenvalue weighted by Crippen LogP contribution is -2.28. The Morgan fingerprint density at radius 1 is 0.586 bits per heavy atom. The Bertz CT molecular complexity index is 1030. The van der Waals surface area contributed by atoms with E-state index in [2.05, 4.69) is 19.1 Å². The summed E-state index contributed by atoms with van der Waals surface area (Å²) in [5.41, 5.74) is 8.18. The van der Waals surface area contributed by atoms with Crippen LogP contribution in [0.2, 0.25) is 0 Å². The van der Waals surface area contributed by atoms with Crippen molar-refractivity contribution in [2.45, 2.75) is 53.9 Å². The molecule has 0 spiro atoms. The van der Waals surface area contributed by atoms with Gasteiger partial charge in [0.25, 0.3) is 0 Å². The fraction of sp³-hybridized carbons (Fsp3) is 0.308. The van der Waals surface area contributed by atoms with E-state index in [0.29, 0.717) is 11.5 Å². The molecule has 0 aliphatic carbocycles. The lowest BCUT2D eigenvalue weighted by atomic mass is 9.67. The van der Waals surface area contributed by atoms with Gasteiger partial charge in [-0.05, 0) is 111 Å². The Hall–Kier alpha value is -2.94. The molecule has 3 nitrogen and oxygen atoms in total. The van der Waals surface area contributed by atoms with Crippen LogP contribution in [-0.4, -0.2) is 15.3 Å². The van der Waals surface area contributed by atoms with Gasteiger partial charge < -0.3 is 15.3 Å². The van der Waals surface area contributed by atoms with Crippen LogP contribution in [0.5, 0.6) is 17.2 Å². The van der Waals surface area contributed by atoms with E-state index < -0.39 is 5.41 Å². The molecule has 3 rings (SSSR count). The van der Waals surface area contributed by atoms with Gasteiger partial charge in [0.05, 0.1) is 0 Å². The van der Waals surface area contributed by atoms with Crippen LogP contribution in [0, 0.1) is 41.5 Å². The molecule has 0 amide bonds. The van der Waals surface area contributed by atoms with Crippen LogP contribution in [0.4, 0.5) is 0 Å². The van der Waals surface area contributed by atoms with Crippen LogP contribution in [-0.2, 0) is 5.41 Å². The van der Waals surface area contributed by atoms with E-state index in [4.69, 9.17) is 0 Å². The molecule has 0 fully saturated rings. The maximum absolute atomic E-state index is 10.5. The zero-order valence-corrected chi connectivity index (χ0v) is 18.3. The molecule has 3 aromatic rings. The molecule has 0 bridgehead atoms. The minimum absolute atomic E-state index is 0.223. The quantitative estimate of drug-likeness (QED) is 0.480. The second-order valence-electron chi connectivity index (χ2n) is 8.35. The van der Waals surface area contributed by atoms with E-state index in [0.717, 1.165) is 50.1 Å². The predicted octanol–water partition coefficient (Wildman–Crippen LogP) is 6.01. The molecule has 0 aromatic heterocycles. The number of phenolic OH excluding ortho intramolecular Hbond substituents is 3. The molecule has 0 radical (unpaired) electrons. The summed E-state index contributed by atoms with van der Waals surface area (Å²) in [6.45, 7) is 14.0. The number of aryl methyl sites for hydroxylation is 2. The normalized spacial score (nSPS) is 11.7. The second-order valence-corrected chi connectivity index (χ2v) is 8.35. The Morgan fingerprint density at radius 3 is 1.34 bits per heavy atom. The van der Waals surface area contributed by atoms with Crippen molar-refractivity contribution in [3.8, 4) is 17.2 Å². The first-order valence-electron chi connectivity index (χ1n) is 9.90. The first-order valence-corrected chi connectivity index (χ1v) is 9.90. The Morgan fingerprint density at radius 2 is 0.966 bits per heavy atom. The number of aromatic hydroxyl groups is 3. The third kappa shape index (κ3) is 3.15. The highest BCUT2D eigenvalue weighted by atomic mass is 16.3. The summed E-state index contributed by atoms with van der Waals surface area (Å²) in [6.07, 6.45) is 0. The molecule has 0 aliphatic rings. The SMILES string of the molecule is Cc1cc(C(C)(c2ccc(O)cc2)c2cc(C)c(O)c(C)c2C)c(C)c(C)c1O. The molecule has 29 heavy (non-hydrogen) atoms. The van der Waals surface area contributed by atoms with E-state index in [1.165, 1.54) is 0 Å². The summed E-state index contributed by atoms with van der Waals surface area (Å²) in [7, 11) is 0. The van der Waals surface area contributed by atoms with E-state index >= 15 is 0 Å². The minimum atomic E-state index is -0.533. The van der Waals surface area contributed by atoms with Gasteiger partial charge >= 0.3 is 0 Å². The molecular formula is C26H30O3. The lowest BCUT2D eigenvalue weighted by Gasteiger charge is -2.36. The highest BCUT2D eigenvalue weighted by Gasteiger charge is 2.36. The van der Waals surface area contributed by atoms with Crippen molar-refractivity contribution in [1.82, 2.24) is 0 Å². The predicted molar refractivity (Wildman–Crippen MR) is 118 cm³/mol. The molecule has 0 unspecified atom stereocenters. The number of rotatable bonds is 3. The smallest absolute Gasteiger partial charge is 0.121 e. The first-order chi connectivity index (χ1) is 13.5. The lowest BCUT2D eigenvalue weighted by molar-refractivity contribution is 0.464. The van der Waals surface area contributed by atoms with Gasteiger partial charge in [-0.15, -0.1) is 0 Å². The van der Waals surface area contributed by atoms with Gasteiger partial charge in [-0.3, -0.25) is 0 Å². The molecular weight excluding hydrogens is 360 g/mol. The largest absolute Gasteiger partial charge is 0.508 e. The zero-order valence-electron chi connectivity index (χ0n) is 18.3. The van der Waals surface area contributed by atoms with Crippen molar-refractivity contribution in [2.75, 3.05) is 0 Å². The summed E-state index contributed by atoms with van der Waals surface area (Å²) >= 11 is 0. The Balaban J connectivity index is 2.48. The van der Waals surface area contributed by atoms with Gasteiger partial charge in [0, 0.05) is 5.41 Å². The average molecular weight is 391 g/mol. The molecule has 3 heteroatoms. The van der Waals surface area contributed by atoms with Crippen molar-refractivity contribution < 1.29 is 15.3 Å². The van der Waals surface area contributed by atoms with Gasteiger partial charge in [-0.1, -0.05) is 24.3 Å². The van der Waals surface area contributed by atoms with Crippen molar-refractivity contribution in [1.29, 1.82) is 0 Å².